The third-order valence-corrected chi connectivity index (χ3v) is 5.02. The normalized spacial score (nSPS) is 18.3. The lowest BCUT2D eigenvalue weighted by Gasteiger charge is -2.32. The number of likely N-dealkylation sites (tertiary alicyclic amines) is 1. The fourth-order valence-electron chi connectivity index (χ4n) is 2.64. The summed E-state index contributed by atoms with van der Waals surface area (Å²) in [6.45, 7) is 11.5. The number of thiazole rings is 1. The van der Waals surface area contributed by atoms with Gasteiger partial charge in [0.05, 0.1) is 11.2 Å². The maximum atomic E-state index is 4.32. The van der Waals surface area contributed by atoms with E-state index in [2.05, 4.69) is 36.0 Å². The Morgan fingerprint density at radius 3 is 2.74 bits per heavy atom. The van der Waals surface area contributed by atoms with Gasteiger partial charge in [-0.2, -0.15) is 0 Å². The van der Waals surface area contributed by atoms with Crippen LogP contribution in [0.4, 0.5) is 0 Å². The van der Waals surface area contributed by atoms with Crippen molar-refractivity contribution in [2.45, 2.75) is 46.1 Å². The zero-order chi connectivity index (χ0) is 13.7. The molecule has 0 unspecified atom stereocenters. The summed E-state index contributed by atoms with van der Waals surface area (Å²) >= 11 is 1.80. The number of hydrogen-bond acceptors (Lipinski definition) is 4. The van der Waals surface area contributed by atoms with Crippen molar-refractivity contribution in [3.05, 3.63) is 16.1 Å². The number of aromatic nitrogens is 1. The van der Waals surface area contributed by atoms with Gasteiger partial charge < -0.3 is 10.2 Å². The lowest BCUT2D eigenvalue weighted by molar-refractivity contribution is 0.183. The fraction of sp³-hybridized carbons (Fsp3) is 0.800. The molecule has 1 aromatic heterocycles. The molecular weight excluding hydrogens is 254 g/mol. The van der Waals surface area contributed by atoms with Gasteiger partial charge in [0.25, 0.3) is 0 Å². The van der Waals surface area contributed by atoms with E-state index in [0.29, 0.717) is 6.04 Å². The van der Waals surface area contributed by atoms with Crippen LogP contribution in [-0.2, 0) is 6.42 Å². The van der Waals surface area contributed by atoms with Crippen molar-refractivity contribution >= 4 is 11.3 Å². The second-order valence-electron chi connectivity index (χ2n) is 5.96. The third-order valence-electron chi connectivity index (χ3n) is 4.02. The highest BCUT2D eigenvalue weighted by atomic mass is 32.1. The summed E-state index contributed by atoms with van der Waals surface area (Å²) in [6, 6.07) is 0.618. The number of nitrogens with one attached hydrogen (secondary N) is 1. The topological polar surface area (TPSA) is 28.2 Å². The van der Waals surface area contributed by atoms with E-state index in [1.807, 2.05) is 5.51 Å². The SMILES string of the molecule is Cc1ncsc1CCN1CCC(CNC(C)C)CC1. The van der Waals surface area contributed by atoms with E-state index in [1.165, 1.54) is 56.0 Å². The van der Waals surface area contributed by atoms with Crippen LogP contribution in [0, 0.1) is 12.8 Å². The molecule has 2 heterocycles. The largest absolute Gasteiger partial charge is 0.314 e. The van der Waals surface area contributed by atoms with Crippen molar-refractivity contribution in [2.24, 2.45) is 5.92 Å². The highest BCUT2D eigenvalue weighted by Crippen LogP contribution is 2.18. The minimum Gasteiger partial charge on any atom is -0.314 e. The standard InChI is InChI=1S/C15H27N3S/c1-12(2)16-10-14-4-7-18(8-5-14)9-6-15-13(3)17-11-19-15/h11-12,14,16H,4-10H2,1-3H3. The van der Waals surface area contributed by atoms with Crippen LogP contribution in [0.3, 0.4) is 0 Å². The zero-order valence-electron chi connectivity index (χ0n) is 12.5. The molecule has 2 rings (SSSR count). The number of aryl methyl sites for hydroxylation is 1. The first kappa shape index (κ1) is 14.9. The molecule has 0 aromatic carbocycles. The monoisotopic (exact) mass is 281 g/mol. The molecule has 0 bridgehead atoms. The van der Waals surface area contributed by atoms with Gasteiger partial charge in [0.2, 0.25) is 0 Å². The highest BCUT2D eigenvalue weighted by Gasteiger charge is 2.19. The quantitative estimate of drug-likeness (QED) is 0.869. The number of rotatable bonds is 6. The average Bonchev–Trinajstić information content (AvgIpc) is 2.81. The van der Waals surface area contributed by atoms with E-state index in [0.717, 1.165) is 5.92 Å². The lowest BCUT2D eigenvalue weighted by atomic mass is 9.96. The molecular formula is C15H27N3S. The molecule has 0 aliphatic carbocycles. The van der Waals surface area contributed by atoms with Gasteiger partial charge >= 0.3 is 0 Å². The summed E-state index contributed by atoms with van der Waals surface area (Å²) in [5.41, 5.74) is 3.19. The second kappa shape index (κ2) is 7.36. The molecule has 1 aliphatic heterocycles. The van der Waals surface area contributed by atoms with Gasteiger partial charge in [-0.25, -0.2) is 4.98 Å². The third kappa shape index (κ3) is 4.86. The van der Waals surface area contributed by atoms with Gasteiger partial charge in [-0.3, -0.25) is 0 Å². The molecule has 0 spiro atoms. The van der Waals surface area contributed by atoms with Crippen LogP contribution in [0.2, 0.25) is 0 Å². The number of piperidine rings is 1. The molecule has 0 saturated carbocycles. The molecule has 19 heavy (non-hydrogen) atoms. The zero-order valence-corrected chi connectivity index (χ0v) is 13.3. The maximum Gasteiger partial charge on any atom is 0.0797 e. The van der Waals surface area contributed by atoms with Gasteiger partial charge in [0.1, 0.15) is 0 Å². The lowest BCUT2D eigenvalue weighted by Crippen LogP contribution is -2.39. The summed E-state index contributed by atoms with van der Waals surface area (Å²) in [5.74, 6) is 0.879. The Bertz CT molecular complexity index is 367. The Kier molecular flexibility index (Phi) is 5.79. The Balaban J connectivity index is 1.65. The summed E-state index contributed by atoms with van der Waals surface area (Å²) in [5, 5.41) is 3.57. The van der Waals surface area contributed by atoms with Crippen molar-refractivity contribution in [1.82, 2.24) is 15.2 Å². The highest BCUT2D eigenvalue weighted by molar-refractivity contribution is 7.09. The van der Waals surface area contributed by atoms with E-state index in [4.69, 9.17) is 0 Å². The van der Waals surface area contributed by atoms with Crippen molar-refractivity contribution in [2.75, 3.05) is 26.2 Å². The molecule has 0 atom stereocenters. The Labute approximate surface area is 121 Å². The first-order valence-electron chi connectivity index (χ1n) is 7.50. The van der Waals surface area contributed by atoms with Crippen molar-refractivity contribution in [3.63, 3.8) is 0 Å². The van der Waals surface area contributed by atoms with Crippen LogP contribution < -0.4 is 5.32 Å². The first-order valence-corrected chi connectivity index (χ1v) is 8.38. The van der Waals surface area contributed by atoms with E-state index in [1.54, 1.807) is 11.3 Å². The predicted molar refractivity (Wildman–Crippen MR) is 82.9 cm³/mol. The molecule has 0 amide bonds. The Morgan fingerprint density at radius 2 is 2.16 bits per heavy atom. The molecule has 108 valence electrons. The molecule has 4 heteroatoms. The summed E-state index contributed by atoms with van der Waals surface area (Å²) in [6.07, 6.45) is 3.87. The minimum absolute atomic E-state index is 0.618. The van der Waals surface area contributed by atoms with Gasteiger partial charge in [0.15, 0.2) is 0 Å². The second-order valence-corrected chi connectivity index (χ2v) is 6.90. The van der Waals surface area contributed by atoms with Gasteiger partial charge in [-0.1, -0.05) is 13.8 Å². The van der Waals surface area contributed by atoms with Gasteiger partial charge in [-0.15, -0.1) is 11.3 Å². The predicted octanol–water partition coefficient (Wildman–Crippen LogP) is 2.70. The molecule has 1 fully saturated rings. The minimum atomic E-state index is 0.618. The molecule has 3 nitrogen and oxygen atoms in total. The van der Waals surface area contributed by atoms with Crippen LogP contribution in [0.1, 0.15) is 37.3 Å². The summed E-state index contributed by atoms with van der Waals surface area (Å²) in [4.78, 5) is 8.40. The molecule has 1 saturated heterocycles. The van der Waals surface area contributed by atoms with Crippen LogP contribution in [0.5, 0.6) is 0 Å². The molecule has 1 aliphatic rings. The van der Waals surface area contributed by atoms with E-state index < -0.39 is 0 Å². The summed E-state index contributed by atoms with van der Waals surface area (Å²) < 4.78 is 0. The maximum absolute atomic E-state index is 4.32. The van der Waals surface area contributed by atoms with Crippen LogP contribution in [0.25, 0.3) is 0 Å². The van der Waals surface area contributed by atoms with Crippen molar-refractivity contribution in [3.8, 4) is 0 Å². The molecule has 0 radical (unpaired) electrons. The first-order chi connectivity index (χ1) is 9.15. The average molecular weight is 281 g/mol. The van der Waals surface area contributed by atoms with Crippen molar-refractivity contribution < 1.29 is 0 Å². The Morgan fingerprint density at radius 1 is 1.42 bits per heavy atom. The van der Waals surface area contributed by atoms with Crippen LogP contribution in [-0.4, -0.2) is 42.1 Å². The van der Waals surface area contributed by atoms with Gasteiger partial charge in [0, 0.05) is 17.5 Å². The van der Waals surface area contributed by atoms with E-state index in [9.17, 15) is 0 Å². The Hall–Kier alpha value is -0.450. The smallest absolute Gasteiger partial charge is 0.0797 e. The number of hydrogen-bond donors (Lipinski definition) is 1. The number of nitrogens with zero attached hydrogens (tertiary/aromatic N) is 2. The van der Waals surface area contributed by atoms with Crippen molar-refractivity contribution in [1.29, 1.82) is 0 Å². The fourth-order valence-corrected chi connectivity index (χ4v) is 3.41. The van der Waals surface area contributed by atoms with E-state index >= 15 is 0 Å². The molecule has 1 N–H and O–H groups in total. The van der Waals surface area contributed by atoms with Gasteiger partial charge in [-0.05, 0) is 51.7 Å². The van der Waals surface area contributed by atoms with Crippen LogP contribution >= 0.6 is 11.3 Å². The summed E-state index contributed by atoms with van der Waals surface area (Å²) in [7, 11) is 0. The van der Waals surface area contributed by atoms with E-state index in [-0.39, 0.29) is 0 Å². The van der Waals surface area contributed by atoms with Crippen LogP contribution in [0.15, 0.2) is 5.51 Å². The molecule has 1 aromatic rings.